The Kier molecular flexibility index (Phi) is 4.11. The normalized spacial score (nSPS) is 11.5. The van der Waals surface area contributed by atoms with Gasteiger partial charge in [0.15, 0.2) is 0 Å². The van der Waals surface area contributed by atoms with E-state index in [1.54, 1.807) is 23.0 Å². The fourth-order valence-electron chi connectivity index (χ4n) is 1.62. The number of halogens is 1. The molecule has 0 saturated carbocycles. The molecule has 19 heavy (non-hydrogen) atoms. The van der Waals surface area contributed by atoms with Crippen LogP contribution in [0.1, 0.15) is 5.69 Å². The summed E-state index contributed by atoms with van der Waals surface area (Å²) in [5, 5.41) is 4.06. The molecular weight excluding hydrogens is 288 g/mol. The maximum atomic E-state index is 11.1. The zero-order chi connectivity index (χ0) is 13.9. The fraction of sp³-hybridized carbons (Fsp3) is 0.250. The molecule has 0 spiro atoms. The van der Waals surface area contributed by atoms with Gasteiger partial charge < -0.3 is 4.74 Å². The molecule has 0 amide bonds. The van der Waals surface area contributed by atoms with Gasteiger partial charge in [0.25, 0.3) is 9.05 Å². The third-order valence-corrected chi connectivity index (χ3v) is 4.02. The lowest BCUT2D eigenvalue weighted by atomic mass is 10.3. The van der Waals surface area contributed by atoms with Crippen molar-refractivity contribution in [1.29, 1.82) is 0 Å². The highest BCUT2D eigenvalue weighted by molar-refractivity contribution is 8.13. The Morgan fingerprint density at radius 2 is 1.95 bits per heavy atom. The highest BCUT2D eigenvalue weighted by Crippen LogP contribution is 2.19. The molecule has 0 unspecified atom stereocenters. The highest BCUT2D eigenvalue weighted by atomic mass is 35.7. The van der Waals surface area contributed by atoms with Gasteiger partial charge in [-0.3, -0.25) is 4.68 Å². The van der Waals surface area contributed by atoms with Gasteiger partial charge in [-0.05, 0) is 30.3 Å². The number of benzene rings is 1. The SMILES string of the molecule is Cn1nccc1CCOc1ccc(S(=O)(=O)Cl)cc1. The van der Waals surface area contributed by atoms with Crippen LogP contribution < -0.4 is 4.74 Å². The molecule has 0 aliphatic carbocycles. The third kappa shape index (κ3) is 3.71. The zero-order valence-electron chi connectivity index (χ0n) is 10.3. The molecule has 5 nitrogen and oxygen atoms in total. The monoisotopic (exact) mass is 300 g/mol. The molecule has 2 rings (SSSR count). The number of nitrogens with zero attached hydrogens (tertiary/aromatic N) is 2. The van der Waals surface area contributed by atoms with Crippen molar-refractivity contribution in [1.82, 2.24) is 9.78 Å². The van der Waals surface area contributed by atoms with Gasteiger partial charge in [-0.1, -0.05) is 0 Å². The summed E-state index contributed by atoms with van der Waals surface area (Å²) in [5.74, 6) is 0.603. The minimum Gasteiger partial charge on any atom is -0.493 e. The summed E-state index contributed by atoms with van der Waals surface area (Å²) in [7, 11) is 3.42. The Morgan fingerprint density at radius 1 is 1.26 bits per heavy atom. The van der Waals surface area contributed by atoms with Gasteiger partial charge in [-0.2, -0.15) is 5.10 Å². The van der Waals surface area contributed by atoms with Crippen molar-refractivity contribution < 1.29 is 13.2 Å². The van der Waals surface area contributed by atoms with Crippen LogP contribution in [0.15, 0.2) is 41.4 Å². The minimum absolute atomic E-state index is 0.0631. The molecule has 7 heteroatoms. The van der Waals surface area contributed by atoms with E-state index < -0.39 is 9.05 Å². The Balaban J connectivity index is 1.92. The van der Waals surface area contributed by atoms with Gasteiger partial charge >= 0.3 is 0 Å². The van der Waals surface area contributed by atoms with Crippen LogP contribution in [0.2, 0.25) is 0 Å². The molecule has 0 radical (unpaired) electrons. The zero-order valence-corrected chi connectivity index (χ0v) is 11.9. The van der Waals surface area contributed by atoms with Gasteiger partial charge in [-0.15, -0.1) is 0 Å². The first-order valence-electron chi connectivity index (χ1n) is 5.61. The molecule has 1 aromatic carbocycles. The Labute approximate surface area is 116 Å². The average molecular weight is 301 g/mol. The first-order chi connectivity index (χ1) is 8.97. The van der Waals surface area contributed by atoms with E-state index in [4.69, 9.17) is 15.4 Å². The summed E-state index contributed by atoms with van der Waals surface area (Å²) in [4.78, 5) is 0.0631. The maximum absolute atomic E-state index is 11.1. The second kappa shape index (κ2) is 5.63. The lowest BCUT2D eigenvalue weighted by Crippen LogP contribution is -2.06. The number of hydrogen-bond acceptors (Lipinski definition) is 4. The van der Waals surface area contributed by atoms with E-state index in [2.05, 4.69) is 5.10 Å². The van der Waals surface area contributed by atoms with Gasteiger partial charge in [0.1, 0.15) is 5.75 Å². The standard InChI is InChI=1S/C12H13ClN2O3S/c1-15-10(6-8-14-15)7-9-18-11-2-4-12(5-3-11)19(13,16)17/h2-6,8H,7,9H2,1H3. The second-order valence-electron chi connectivity index (χ2n) is 3.95. The van der Waals surface area contributed by atoms with E-state index in [1.165, 1.54) is 12.1 Å². The minimum atomic E-state index is -3.68. The summed E-state index contributed by atoms with van der Waals surface area (Å²) in [5.41, 5.74) is 1.07. The molecule has 102 valence electrons. The topological polar surface area (TPSA) is 61.2 Å². The van der Waals surface area contributed by atoms with Crippen LogP contribution in [-0.4, -0.2) is 24.8 Å². The highest BCUT2D eigenvalue weighted by Gasteiger charge is 2.09. The van der Waals surface area contributed by atoms with Crippen molar-refractivity contribution in [3.8, 4) is 5.75 Å². The van der Waals surface area contributed by atoms with Gasteiger partial charge in [-0.25, -0.2) is 8.42 Å². The first-order valence-corrected chi connectivity index (χ1v) is 7.92. The van der Waals surface area contributed by atoms with Gasteiger partial charge in [0, 0.05) is 36.0 Å². The van der Waals surface area contributed by atoms with E-state index >= 15 is 0 Å². The molecule has 0 saturated heterocycles. The number of ether oxygens (including phenoxy) is 1. The Morgan fingerprint density at radius 3 is 2.47 bits per heavy atom. The third-order valence-electron chi connectivity index (χ3n) is 2.65. The van der Waals surface area contributed by atoms with Crippen LogP contribution in [0.5, 0.6) is 5.75 Å². The number of hydrogen-bond donors (Lipinski definition) is 0. The van der Waals surface area contributed by atoms with Crippen LogP contribution in [0.3, 0.4) is 0 Å². The summed E-state index contributed by atoms with van der Waals surface area (Å²) in [6, 6.07) is 7.92. The molecule has 1 aromatic heterocycles. The summed E-state index contributed by atoms with van der Waals surface area (Å²) in [6.07, 6.45) is 2.46. The van der Waals surface area contributed by atoms with Crippen LogP contribution in [0.25, 0.3) is 0 Å². The predicted octanol–water partition coefficient (Wildman–Crippen LogP) is 1.97. The molecular formula is C12H13ClN2O3S. The van der Waals surface area contributed by atoms with E-state index in [1.807, 2.05) is 13.1 Å². The van der Waals surface area contributed by atoms with Gasteiger partial charge in [0.05, 0.1) is 11.5 Å². The van der Waals surface area contributed by atoms with Gasteiger partial charge in [0.2, 0.25) is 0 Å². The predicted molar refractivity (Wildman–Crippen MR) is 71.9 cm³/mol. The van der Waals surface area contributed by atoms with Crippen molar-refractivity contribution in [2.24, 2.45) is 7.05 Å². The molecule has 0 bridgehead atoms. The molecule has 0 atom stereocenters. The fourth-order valence-corrected chi connectivity index (χ4v) is 2.39. The van der Waals surface area contributed by atoms with Crippen LogP contribution in [-0.2, 0) is 22.5 Å². The smallest absolute Gasteiger partial charge is 0.261 e. The molecule has 0 fully saturated rings. The lowest BCUT2D eigenvalue weighted by molar-refractivity contribution is 0.318. The average Bonchev–Trinajstić information content (AvgIpc) is 2.75. The van der Waals surface area contributed by atoms with Crippen LogP contribution in [0.4, 0.5) is 0 Å². The van der Waals surface area contributed by atoms with E-state index in [-0.39, 0.29) is 4.90 Å². The van der Waals surface area contributed by atoms with Crippen molar-refractivity contribution >= 4 is 19.7 Å². The Hall–Kier alpha value is -1.53. The van der Waals surface area contributed by atoms with E-state index in [9.17, 15) is 8.42 Å². The van der Waals surface area contributed by atoms with Crippen molar-refractivity contribution in [3.05, 3.63) is 42.2 Å². The molecule has 0 aliphatic rings. The molecule has 0 aliphatic heterocycles. The molecule has 1 heterocycles. The quantitative estimate of drug-likeness (QED) is 0.792. The maximum Gasteiger partial charge on any atom is 0.261 e. The lowest BCUT2D eigenvalue weighted by Gasteiger charge is -2.06. The largest absolute Gasteiger partial charge is 0.493 e. The number of aromatic nitrogens is 2. The van der Waals surface area contributed by atoms with Crippen molar-refractivity contribution in [2.45, 2.75) is 11.3 Å². The van der Waals surface area contributed by atoms with Crippen molar-refractivity contribution in [2.75, 3.05) is 6.61 Å². The summed E-state index contributed by atoms with van der Waals surface area (Å²) < 4.78 is 29.4. The van der Waals surface area contributed by atoms with Crippen molar-refractivity contribution in [3.63, 3.8) is 0 Å². The number of aryl methyl sites for hydroxylation is 1. The number of rotatable bonds is 5. The first kappa shape index (κ1) is 13.9. The molecule has 0 N–H and O–H groups in total. The van der Waals surface area contributed by atoms with E-state index in [0.29, 0.717) is 12.4 Å². The second-order valence-corrected chi connectivity index (χ2v) is 6.52. The summed E-state index contributed by atoms with van der Waals surface area (Å²) in [6.45, 7) is 0.493. The summed E-state index contributed by atoms with van der Waals surface area (Å²) >= 11 is 0. The molecule has 2 aromatic rings. The van der Waals surface area contributed by atoms with Crippen LogP contribution in [0, 0.1) is 0 Å². The van der Waals surface area contributed by atoms with Crippen LogP contribution >= 0.6 is 10.7 Å². The Bertz CT molecular complexity index is 650. The van der Waals surface area contributed by atoms with E-state index in [0.717, 1.165) is 12.1 Å².